The van der Waals surface area contributed by atoms with E-state index in [-0.39, 0.29) is 10.4 Å². The number of halogens is 2. The molecular formula is C33H31ClFN7O. The van der Waals surface area contributed by atoms with Crippen molar-refractivity contribution in [2.75, 3.05) is 31.1 Å². The van der Waals surface area contributed by atoms with Crippen LogP contribution in [0.5, 0.6) is 11.6 Å². The van der Waals surface area contributed by atoms with Crippen molar-refractivity contribution in [2.45, 2.75) is 32.9 Å². The van der Waals surface area contributed by atoms with E-state index in [9.17, 15) is 9.65 Å². The molecule has 1 spiro atoms. The number of hydrogen-bond donors (Lipinski definition) is 1. The van der Waals surface area contributed by atoms with Gasteiger partial charge in [0.25, 0.3) is 0 Å². The first-order chi connectivity index (χ1) is 20.9. The first kappa shape index (κ1) is 27.4. The van der Waals surface area contributed by atoms with E-state index >= 15 is 0 Å². The number of aryl methyl sites for hydroxylation is 1. The van der Waals surface area contributed by atoms with E-state index in [2.05, 4.69) is 54.4 Å². The summed E-state index contributed by atoms with van der Waals surface area (Å²) in [7, 11) is 0. The Hall–Kier alpha value is -4.39. The van der Waals surface area contributed by atoms with Gasteiger partial charge in [-0.05, 0) is 73.3 Å². The second-order valence-electron chi connectivity index (χ2n) is 11.8. The second kappa shape index (κ2) is 11.0. The van der Waals surface area contributed by atoms with Gasteiger partial charge in [-0.2, -0.15) is 5.26 Å². The van der Waals surface area contributed by atoms with Gasteiger partial charge in [0.05, 0.1) is 6.54 Å². The lowest BCUT2D eigenvalue weighted by atomic mass is 9.86. The molecule has 0 amide bonds. The van der Waals surface area contributed by atoms with Crippen LogP contribution in [-0.4, -0.2) is 50.6 Å². The zero-order valence-corrected chi connectivity index (χ0v) is 24.6. The number of anilines is 1. The monoisotopic (exact) mass is 595 g/mol. The minimum absolute atomic E-state index is 0.202. The van der Waals surface area contributed by atoms with Crippen LogP contribution in [-0.2, 0) is 13.1 Å². The number of nitriles is 1. The Morgan fingerprint density at radius 3 is 2.77 bits per heavy atom. The van der Waals surface area contributed by atoms with Gasteiger partial charge in [-0.15, -0.1) is 0 Å². The van der Waals surface area contributed by atoms with Crippen molar-refractivity contribution in [3.8, 4) is 17.7 Å². The summed E-state index contributed by atoms with van der Waals surface area (Å²) in [4.78, 5) is 16.7. The van der Waals surface area contributed by atoms with Gasteiger partial charge in [-0.25, -0.2) is 14.4 Å². The summed E-state index contributed by atoms with van der Waals surface area (Å²) in [5.74, 6) is 1.00. The third-order valence-electron chi connectivity index (χ3n) is 8.94. The molecule has 1 unspecified atom stereocenters. The van der Waals surface area contributed by atoms with E-state index in [1.165, 1.54) is 29.6 Å². The molecule has 3 aromatic heterocycles. The van der Waals surface area contributed by atoms with E-state index in [0.717, 1.165) is 67.8 Å². The summed E-state index contributed by atoms with van der Waals surface area (Å²) in [5.41, 5.74) is 5.67. The van der Waals surface area contributed by atoms with Crippen molar-refractivity contribution < 1.29 is 9.13 Å². The van der Waals surface area contributed by atoms with Crippen molar-refractivity contribution in [3.63, 3.8) is 0 Å². The lowest BCUT2D eigenvalue weighted by Gasteiger charge is -2.25. The number of aromatic amines is 1. The van der Waals surface area contributed by atoms with Gasteiger partial charge >= 0.3 is 0 Å². The summed E-state index contributed by atoms with van der Waals surface area (Å²) in [6.45, 7) is 7.62. The van der Waals surface area contributed by atoms with Gasteiger partial charge < -0.3 is 19.2 Å². The molecule has 2 aliphatic rings. The van der Waals surface area contributed by atoms with Crippen LogP contribution < -0.4 is 9.64 Å². The Kier molecular flexibility index (Phi) is 7.04. The van der Waals surface area contributed by atoms with E-state index in [1.54, 1.807) is 12.1 Å². The number of likely N-dealkylation sites (tertiary alicyclic amines) is 1. The standard InChI is InChI=1S/C33H31ClFN7O/c1-22-24(2-3-30-29(22)13-27(15-36)42(30)17-23-4-7-37-16-23)18-40-8-5-33(19-40)6-9-41(20-33)31-14-32(39-21-38-31)43-28-11-25(34)10-26(35)12-28/h2-4,7,10-14,16,21,37H,5-6,8-9,17-20H2,1H3. The number of benzene rings is 2. The summed E-state index contributed by atoms with van der Waals surface area (Å²) in [6, 6.07) is 16.7. The topological polar surface area (TPSA) is 86.0 Å². The predicted molar refractivity (Wildman–Crippen MR) is 164 cm³/mol. The fourth-order valence-electron chi connectivity index (χ4n) is 6.73. The van der Waals surface area contributed by atoms with Crippen LogP contribution >= 0.6 is 11.6 Å². The van der Waals surface area contributed by atoms with Gasteiger partial charge in [0.2, 0.25) is 5.88 Å². The van der Waals surface area contributed by atoms with Crippen LogP contribution in [0.2, 0.25) is 5.02 Å². The SMILES string of the molecule is Cc1c(CN2CCC3(CCN(c4cc(Oc5cc(F)cc(Cl)c5)ncn4)C3)C2)ccc2c1cc(C#N)n2Cc1cc[nH]c1. The summed E-state index contributed by atoms with van der Waals surface area (Å²) in [6.07, 6.45) is 7.59. The number of nitrogens with zero attached hydrogens (tertiary/aromatic N) is 6. The van der Waals surface area contributed by atoms with Crippen LogP contribution in [0.15, 0.2) is 67.3 Å². The average molecular weight is 596 g/mol. The highest BCUT2D eigenvalue weighted by Gasteiger charge is 2.43. The molecule has 218 valence electrons. The molecule has 1 N–H and O–H groups in total. The van der Waals surface area contributed by atoms with Crippen molar-refractivity contribution in [1.29, 1.82) is 5.26 Å². The van der Waals surface area contributed by atoms with Gasteiger partial charge in [0, 0.05) is 72.0 Å². The number of nitrogens with one attached hydrogen (secondary N) is 1. The third kappa shape index (κ3) is 5.44. The maximum atomic E-state index is 13.8. The Morgan fingerprint density at radius 2 is 1.95 bits per heavy atom. The fraction of sp³-hybridized carbons (Fsp3) is 0.303. The molecule has 2 aliphatic heterocycles. The van der Waals surface area contributed by atoms with E-state index < -0.39 is 5.82 Å². The molecule has 10 heteroatoms. The first-order valence-electron chi connectivity index (χ1n) is 14.4. The highest BCUT2D eigenvalue weighted by molar-refractivity contribution is 6.30. The van der Waals surface area contributed by atoms with E-state index in [1.807, 2.05) is 24.5 Å². The average Bonchev–Trinajstić information content (AvgIpc) is 3.79. The molecule has 2 saturated heterocycles. The maximum Gasteiger partial charge on any atom is 0.224 e. The molecule has 8 nitrogen and oxygen atoms in total. The largest absolute Gasteiger partial charge is 0.439 e. The molecule has 5 heterocycles. The highest BCUT2D eigenvalue weighted by Crippen LogP contribution is 2.42. The van der Waals surface area contributed by atoms with Gasteiger partial charge in [-0.3, -0.25) is 4.90 Å². The van der Waals surface area contributed by atoms with Gasteiger partial charge in [-0.1, -0.05) is 17.7 Å². The van der Waals surface area contributed by atoms with Crippen molar-refractivity contribution >= 4 is 28.3 Å². The Morgan fingerprint density at radius 1 is 1.07 bits per heavy atom. The molecule has 0 bridgehead atoms. The molecule has 7 rings (SSSR count). The molecule has 1 atom stereocenters. The molecule has 0 radical (unpaired) electrons. The van der Waals surface area contributed by atoms with Crippen LogP contribution in [0.4, 0.5) is 10.2 Å². The van der Waals surface area contributed by atoms with Gasteiger partial charge in [0.15, 0.2) is 0 Å². The molecule has 0 saturated carbocycles. The molecule has 2 fully saturated rings. The highest BCUT2D eigenvalue weighted by atomic mass is 35.5. The summed E-state index contributed by atoms with van der Waals surface area (Å²) >= 11 is 5.98. The summed E-state index contributed by atoms with van der Waals surface area (Å²) in [5, 5.41) is 11.3. The predicted octanol–water partition coefficient (Wildman–Crippen LogP) is 6.68. The quantitative estimate of drug-likeness (QED) is 0.226. The fourth-order valence-corrected chi connectivity index (χ4v) is 6.94. The first-order valence-corrected chi connectivity index (χ1v) is 14.8. The van der Waals surface area contributed by atoms with Crippen molar-refractivity contribution in [1.82, 2.24) is 24.4 Å². The maximum absolute atomic E-state index is 13.8. The Bertz CT molecular complexity index is 1830. The number of H-pyrrole nitrogens is 1. The third-order valence-corrected chi connectivity index (χ3v) is 9.16. The molecule has 43 heavy (non-hydrogen) atoms. The van der Waals surface area contributed by atoms with E-state index in [4.69, 9.17) is 16.3 Å². The lowest BCUT2D eigenvalue weighted by molar-refractivity contribution is 0.270. The Labute approximate surface area is 254 Å². The van der Waals surface area contributed by atoms with Crippen molar-refractivity contribution in [2.24, 2.45) is 5.41 Å². The number of fused-ring (bicyclic) bond motifs is 1. The minimum Gasteiger partial charge on any atom is -0.439 e. The molecule has 5 aromatic rings. The van der Waals surface area contributed by atoms with E-state index in [0.29, 0.717) is 23.9 Å². The summed E-state index contributed by atoms with van der Waals surface area (Å²) < 4.78 is 21.7. The number of hydrogen-bond acceptors (Lipinski definition) is 6. The van der Waals surface area contributed by atoms with Crippen LogP contribution in [0.25, 0.3) is 10.9 Å². The lowest BCUT2D eigenvalue weighted by Crippen LogP contribution is -2.31. The van der Waals surface area contributed by atoms with Crippen molar-refractivity contribution in [3.05, 3.63) is 100 Å². The van der Waals surface area contributed by atoms with Gasteiger partial charge in [0.1, 0.15) is 35.5 Å². The zero-order valence-electron chi connectivity index (χ0n) is 23.9. The molecule has 0 aliphatic carbocycles. The zero-order chi connectivity index (χ0) is 29.6. The number of aromatic nitrogens is 4. The number of ether oxygens (including phenoxy) is 1. The molecule has 2 aromatic carbocycles. The van der Waals surface area contributed by atoms with Crippen LogP contribution in [0, 0.1) is 29.5 Å². The van der Waals surface area contributed by atoms with Crippen LogP contribution in [0.3, 0.4) is 0 Å². The Balaban J connectivity index is 1.03. The van der Waals surface area contributed by atoms with Crippen LogP contribution in [0.1, 0.15) is 35.2 Å². The normalized spacial score (nSPS) is 18.6. The second-order valence-corrected chi connectivity index (χ2v) is 12.2. The molecular weight excluding hydrogens is 565 g/mol. The number of rotatable bonds is 7. The smallest absolute Gasteiger partial charge is 0.224 e. The minimum atomic E-state index is -0.461.